The molecule has 0 bridgehead atoms. The first-order chi connectivity index (χ1) is 10.3. The number of piperidine rings is 1. The summed E-state index contributed by atoms with van der Waals surface area (Å²) in [5.41, 5.74) is 1.05. The lowest BCUT2D eigenvalue weighted by molar-refractivity contribution is 0.0923. The van der Waals surface area contributed by atoms with Crippen LogP contribution in [0.3, 0.4) is 0 Å². The maximum atomic E-state index is 11.8. The molecule has 21 heavy (non-hydrogen) atoms. The molecule has 0 radical (unpaired) electrons. The Hall–Kier alpha value is -2.30. The Balaban J connectivity index is 1.62. The number of aromatic nitrogens is 1. The smallest absolute Gasteiger partial charge is 0.287 e. The van der Waals surface area contributed by atoms with E-state index in [9.17, 15) is 4.79 Å². The van der Waals surface area contributed by atoms with Gasteiger partial charge in [0.2, 0.25) is 0 Å². The molecule has 1 aliphatic rings. The summed E-state index contributed by atoms with van der Waals surface area (Å²) in [5, 5.41) is 2.85. The molecule has 2 aromatic heterocycles. The van der Waals surface area contributed by atoms with Gasteiger partial charge in [0, 0.05) is 25.8 Å². The molecule has 0 aromatic carbocycles. The summed E-state index contributed by atoms with van der Waals surface area (Å²) in [5.74, 6) is 1.14. The number of nitrogens with one attached hydrogen (secondary N) is 1. The van der Waals surface area contributed by atoms with Crippen LogP contribution in [-0.2, 0) is 6.54 Å². The van der Waals surface area contributed by atoms with Crippen molar-refractivity contribution in [2.24, 2.45) is 0 Å². The van der Waals surface area contributed by atoms with E-state index in [0.717, 1.165) is 24.5 Å². The van der Waals surface area contributed by atoms with E-state index in [1.807, 2.05) is 12.1 Å². The molecule has 5 heteroatoms. The van der Waals surface area contributed by atoms with Crippen LogP contribution in [0, 0.1) is 0 Å². The maximum absolute atomic E-state index is 11.8. The normalized spacial score (nSPS) is 15.0. The number of rotatable bonds is 4. The van der Waals surface area contributed by atoms with Crippen molar-refractivity contribution in [3.8, 4) is 0 Å². The fourth-order valence-electron chi connectivity index (χ4n) is 2.54. The van der Waals surface area contributed by atoms with Gasteiger partial charge in [-0.25, -0.2) is 4.98 Å². The van der Waals surface area contributed by atoms with E-state index in [4.69, 9.17) is 4.42 Å². The van der Waals surface area contributed by atoms with Crippen LogP contribution < -0.4 is 10.2 Å². The van der Waals surface area contributed by atoms with Crippen LogP contribution >= 0.6 is 0 Å². The van der Waals surface area contributed by atoms with Crippen molar-refractivity contribution >= 4 is 11.7 Å². The number of amides is 1. The van der Waals surface area contributed by atoms with E-state index < -0.39 is 0 Å². The van der Waals surface area contributed by atoms with Crippen LogP contribution in [0.25, 0.3) is 0 Å². The maximum Gasteiger partial charge on any atom is 0.287 e. The Morgan fingerprint density at radius 2 is 2.14 bits per heavy atom. The minimum Gasteiger partial charge on any atom is -0.459 e. The number of hydrogen-bond donors (Lipinski definition) is 1. The van der Waals surface area contributed by atoms with Gasteiger partial charge in [-0.3, -0.25) is 4.79 Å². The average molecular weight is 285 g/mol. The Labute approximate surface area is 124 Å². The quantitative estimate of drug-likeness (QED) is 0.938. The van der Waals surface area contributed by atoms with E-state index >= 15 is 0 Å². The second-order valence-corrected chi connectivity index (χ2v) is 5.23. The highest BCUT2D eigenvalue weighted by Gasteiger charge is 2.13. The van der Waals surface area contributed by atoms with E-state index in [1.54, 1.807) is 18.3 Å². The first-order valence-electron chi connectivity index (χ1n) is 7.34. The summed E-state index contributed by atoms with van der Waals surface area (Å²) >= 11 is 0. The number of nitrogens with zero attached hydrogens (tertiary/aromatic N) is 2. The van der Waals surface area contributed by atoms with Crippen LogP contribution in [0.4, 0.5) is 5.82 Å². The fourth-order valence-corrected chi connectivity index (χ4v) is 2.54. The highest BCUT2D eigenvalue weighted by atomic mass is 16.3. The predicted octanol–water partition coefficient (Wildman–Crippen LogP) is 2.59. The Morgan fingerprint density at radius 3 is 2.90 bits per heavy atom. The van der Waals surface area contributed by atoms with Gasteiger partial charge in [0.1, 0.15) is 5.82 Å². The molecule has 0 saturated carbocycles. The molecule has 1 amide bonds. The first kappa shape index (κ1) is 13.7. The van der Waals surface area contributed by atoms with Crippen LogP contribution in [0.1, 0.15) is 35.4 Å². The third-order valence-corrected chi connectivity index (χ3v) is 3.69. The molecule has 0 aliphatic carbocycles. The highest BCUT2D eigenvalue weighted by Crippen LogP contribution is 2.18. The van der Waals surface area contributed by atoms with Crippen LogP contribution in [0.5, 0.6) is 0 Å². The SMILES string of the molecule is O=C(NCc1ccnc(N2CCCCC2)c1)c1ccco1. The lowest BCUT2D eigenvalue weighted by Crippen LogP contribution is -2.30. The van der Waals surface area contributed by atoms with Gasteiger partial charge in [-0.1, -0.05) is 0 Å². The lowest BCUT2D eigenvalue weighted by Gasteiger charge is -2.27. The van der Waals surface area contributed by atoms with Crippen LogP contribution in [0.2, 0.25) is 0 Å². The standard InChI is InChI=1S/C16H19N3O2/c20-16(14-5-4-10-21-14)18-12-13-6-7-17-15(11-13)19-8-2-1-3-9-19/h4-7,10-11H,1-3,8-9,12H2,(H,18,20). The van der Waals surface area contributed by atoms with Crippen LogP contribution in [0.15, 0.2) is 41.1 Å². The summed E-state index contributed by atoms with van der Waals surface area (Å²) in [6.45, 7) is 2.60. The van der Waals surface area contributed by atoms with Crippen molar-refractivity contribution in [1.29, 1.82) is 0 Å². The minimum absolute atomic E-state index is 0.198. The summed E-state index contributed by atoms with van der Waals surface area (Å²) in [4.78, 5) is 18.6. The fraction of sp³-hybridized carbons (Fsp3) is 0.375. The van der Waals surface area contributed by atoms with Crippen molar-refractivity contribution in [1.82, 2.24) is 10.3 Å². The molecule has 0 atom stereocenters. The summed E-state index contributed by atoms with van der Waals surface area (Å²) in [7, 11) is 0. The predicted molar refractivity (Wildman–Crippen MR) is 80.2 cm³/mol. The largest absolute Gasteiger partial charge is 0.459 e. The molecule has 0 spiro atoms. The number of hydrogen-bond acceptors (Lipinski definition) is 4. The van der Waals surface area contributed by atoms with E-state index in [2.05, 4.69) is 15.2 Å². The Bertz CT molecular complexity index is 589. The van der Waals surface area contributed by atoms with Gasteiger partial charge in [-0.05, 0) is 49.1 Å². The molecule has 2 aromatic rings. The van der Waals surface area contributed by atoms with E-state index in [1.165, 1.54) is 25.5 Å². The Morgan fingerprint density at radius 1 is 1.29 bits per heavy atom. The summed E-state index contributed by atoms with van der Waals surface area (Å²) in [6.07, 6.45) is 7.05. The Kier molecular flexibility index (Phi) is 4.19. The van der Waals surface area contributed by atoms with Crippen LogP contribution in [-0.4, -0.2) is 24.0 Å². The van der Waals surface area contributed by atoms with Gasteiger partial charge in [0.05, 0.1) is 6.26 Å². The molecule has 3 rings (SSSR count). The molecular weight excluding hydrogens is 266 g/mol. The highest BCUT2D eigenvalue weighted by molar-refractivity contribution is 5.91. The van der Waals surface area contributed by atoms with Crippen molar-refractivity contribution in [3.05, 3.63) is 48.0 Å². The second kappa shape index (κ2) is 6.43. The van der Waals surface area contributed by atoms with Crippen molar-refractivity contribution in [2.45, 2.75) is 25.8 Å². The number of furan rings is 1. The number of carbonyl (C=O) groups is 1. The second-order valence-electron chi connectivity index (χ2n) is 5.23. The monoisotopic (exact) mass is 285 g/mol. The molecule has 0 unspecified atom stereocenters. The van der Waals surface area contributed by atoms with Crippen molar-refractivity contribution < 1.29 is 9.21 Å². The molecule has 110 valence electrons. The molecule has 1 fully saturated rings. The summed E-state index contributed by atoms with van der Waals surface area (Å²) < 4.78 is 5.07. The van der Waals surface area contributed by atoms with Gasteiger partial charge >= 0.3 is 0 Å². The van der Waals surface area contributed by atoms with Crippen molar-refractivity contribution in [3.63, 3.8) is 0 Å². The number of carbonyl (C=O) groups excluding carboxylic acids is 1. The molecular formula is C16H19N3O2. The lowest BCUT2D eigenvalue weighted by atomic mass is 10.1. The zero-order chi connectivity index (χ0) is 14.5. The van der Waals surface area contributed by atoms with Gasteiger partial charge in [-0.15, -0.1) is 0 Å². The average Bonchev–Trinajstić information content (AvgIpc) is 3.08. The molecule has 3 heterocycles. The van der Waals surface area contributed by atoms with Gasteiger partial charge in [-0.2, -0.15) is 0 Å². The number of pyridine rings is 1. The molecule has 1 aliphatic heterocycles. The molecule has 1 N–H and O–H groups in total. The third-order valence-electron chi connectivity index (χ3n) is 3.69. The topological polar surface area (TPSA) is 58.4 Å². The van der Waals surface area contributed by atoms with Crippen molar-refractivity contribution in [2.75, 3.05) is 18.0 Å². The van der Waals surface area contributed by atoms with Gasteiger partial charge in [0.25, 0.3) is 5.91 Å². The zero-order valence-electron chi connectivity index (χ0n) is 11.9. The third kappa shape index (κ3) is 3.42. The van der Waals surface area contributed by atoms with Gasteiger partial charge in [0.15, 0.2) is 5.76 Å². The zero-order valence-corrected chi connectivity index (χ0v) is 11.9. The minimum atomic E-state index is -0.198. The first-order valence-corrected chi connectivity index (χ1v) is 7.34. The molecule has 1 saturated heterocycles. The molecule has 5 nitrogen and oxygen atoms in total. The van der Waals surface area contributed by atoms with E-state index in [-0.39, 0.29) is 5.91 Å². The number of anilines is 1. The van der Waals surface area contributed by atoms with E-state index in [0.29, 0.717) is 12.3 Å². The van der Waals surface area contributed by atoms with Gasteiger partial charge < -0.3 is 14.6 Å². The summed E-state index contributed by atoms with van der Waals surface area (Å²) in [6, 6.07) is 7.33.